The largest absolute Gasteiger partial charge is 0.360 e. The Morgan fingerprint density at radius 3 is 2.31 bits per heavy atom. The van der Waals surface area contributed by atoms with Crippen molar-refractivity contribution in [3.05, 3.63) is 0 Å². The summed E-state index contributed by atoms with van der Waals surface area (Å²) < 4.78 is 0. The van der Waals surface area contributed by atoms with Crippen LogP contribution < -0.4 is 5.32 Å². The highest BCUT2D eigenvalue weighted by Gasteiger charge is 2.16. The zero-order chi connectivity index (χ0) is 9.68. The lowest BCUT2D eigenvalue weighted by atomic mass is 10.2. The van der Waals surface area contributed by atoms with Crippen LogP contribution in [0.15, 0.2) is 0 Å². The highest BCUT2D eigenvalue weighted by Crippen LogP contribution is 2.17. The highest BCUT2D eigenvalue weighted by molar-refractivity contribution is 7.80. The predicted molar refractivity (Wildman–Crippen MR) is 60.9 cm³/mol. The van der Waals surface area contributed by atoms with Crippen LogP contribution in [0.25, 0.3) is 0 Å². The molecule has 0 bridgehead atoms. The quantitative estimate of drug-likeness (QED) is 0.703. The molecular weight excluding hydrogens is 180 g/mol. The summed E-state index contributed by atoms with van der Waals surface area (Å²) in [5, 5.41) is 4.38. The van der Waals surface area contributed by atoms with Crippen LogP contribution in [0, 0.1) is 0 Å². The van der Waals surface area contributed by atoms with E-state index < -0.39 is 0 Å². The van der Waals surface area contributed by atoms with Crippen LogP contribution in [0.3, 0.4) is 0 Å². The van der Waals surface area contributed by atoms with Gasteiger partial charge in [-0.1, -0.05) is 12.8 Å². The van der Waals surface area contributed by atoms with E-state index in [-0.39, 0.29) is 0 Å². The monoisotopic (exact) mass is 200 g/mol. The fraction of sp³-hybridized carbons (Fsp3) is 0.900. The maximum Gasteiger partial charge on any atom is 0.169 e. The number of hydrogen-bond donors (Lipinski definition) is 1. The van der Waals surface area contributed by atoms with E-state index in [0.29, 0.717) is 6.04 Å². The molecule has 1 rings (SSSR count). The maximum absolute atomic E-state index is 5.33. The predicted octanol–water partition coefficient (Wildman–Crippen LogP) is 2.15. The summed E-state index contributed by atoms with van der Waals surface area (Å²) in [5.41, 5.74) is 0. The van der Waals surface area contributed by atoms with Gasteiger partial charge in [0.15, 0.2) is 5.11 Å². The first-order valence-electron chi connectivity index (χ1n) is 5.33. The van der Waals surface area contributed by atoms with E-state index in [1.807, 2.05) is 0 Å². The molecule has 0 saturated heterocycles. The molecule has 0 amide bonds. The van der Waals surface area contributed by atoms with E-state index in [1.165, 1.54) is 25.7 Å². The van der Waals surface area contributed by atoms with Crippen molar-refractivity contribution in [3.8, 4) is 0 Å². The van der Waals surface area contributed by atoms with Crippen LogP contribution in [-0.2, 0) is 0 Å². The second-order valence-electron chi connectivity index (χ2n) is 3.60. The Labute approximate surface area is 86.7 Å². The Morgan fingerprint density at radius 2 is 1.85 bits per heavy atom. The van der Waals surface area contributed by atoms with Gasteiger partial charge in [0.05, 0.1) is 0 Å². The van der Waals surface area contributed by atoms with E-state index in [4.69, 9.17) is 12.2 Å². The molecule has 1 fully saturated rings. The van der Waals surface area contributed by atoms with Gasteiger partial charge < -0.3 is 10.2 Å². The number of rotatable bonds is 3. The van der Waals surface area contributed by atoms with Crippen molar-refractivity contribution < 1.29 is 0 Å². The molecule has 0 aromatic carbocycles. The highest BCUT2D eigenvalue weighted by atomic mass is 32.1. The SMILES string of the molecule is CCN(CC)C(=S)NC1CCCC1. The normalized spacial score (nSPS) is 17.4. The van der Waals surface area contributed by atoms with E-state index >= 15 is 0 Å². The molecule has 2 nitrogen and oxygen atoms in total. The lowest BCUT2D eigenvalue weighted by molar-refractivity contribution is 0.443. The summed E-state index contributed by atoms with van der Waals surface area (Å²) >= 11 is 5.33. The van der Waals surface area contributed by atoms with Gasteiger partial charge in [-0.15, -0.1) is 0 Å². The molecule has 0 aliphatic heterocycles. The summed E-state index contributed by atoms with van der Waals surface area (Å²) in [4.78, 5) is 2.20. The summed E-state index contributed by atoms with van der Waals surface area (Å²) in [7, 11) is 0. The summed E-state index contributed by atoms with van der Waals surface area (Å²) in [6, 6.07) is 0.646. The van der Waals surface area contributed by atoms with Gasteiger partial charge in [-0.3, -0.25) is 0 Å². The third kappa shape index (κ3) is 3.14. The summed E-state index contributed by atoms with van der Waals surface area (Å²) in [6.45, 7) is 6.31. The first kappa shape index (κ1) is 10.8. The Kier molecular flexibility index (Phi) is 4.50. The smallest absolute Gasteiger partial charge is 0.169 e. The zero-order valence-corrected chi connectivity index (χ0v) is 9.49. The summed E-state index contributed by atoms with van der Waals surface area (Å²) in [5.74, 6) is 0. The van der Waals surface area contributed by atoms with Crippen LogP contribution in [0.1, 0.15) is 39.5 Å². The molecule has 1 saturated carbocycles. The Morgan fingerprint density at radius 1 is 1.31 bits per heavy atom. The first-order valence-corrected chi connectivity index (χ1v) is 5.74. The Hall–Kier alpha value is -0.310. The second-order valence-corrected chi connectivity index (χ2v) is 3.99. The minimum Gasteiger partial charge on any atom is -0.360 e. The van der Waals surface area contributed by atoms with E-state index in [1.54, 1.807) is 0 Å². The molecule has 0 aromatic heterocycles. The molecule has 1 N–H and O–H groups in total. The van der Waals surface area contributed by atoms with E-state index in [2.05, 4.69) is 24.1 Å². The average Bonchev–Trinajstić information content (AvgIpc) is 2.59. The van der Waals surface area contributed by atoms with Crippen molar-refractivity contribution in [1.29, 1.82) is 0 Å². The van der Waals surface area contributed by atoms with Crippen LogP contribution in [0.2, 0.25) is 0 Å². The molecule has 1 aliphatic carbocycles. The van der Waals surface area contributed by atoms with Gasteiger partial charge in [-0.2, -0.15) is 0 Å². The maximum atomic E-state index is 5.33. The molecule has 3 heteroatoms. The Bertz CT molecular complexity index is 160. The molecule has 76 valence electrons. The van der Waals surface area contributed by atoms with Gasteiger partial charge >= 0.3 is 0 Å². The Balaban J connectivity index is 2.29. The van der Waals surface area contributed by atoms with Gasteiger partial charge in [0.1, 0.15) is 0 Å². The van der Waals surface area contributed by atoms with Gasteiger partial charge in [-0.05, 0) is 38.9 Å². The fourth-order valence-corrected chi connectivity index (χ4v) is 2.27. The van der Waals surface area contributed by atoms with Crippen molar-refractivity contribution in [2.24, 2.45) is 0 Å². The third-order valence-corrected chi connectivity index (χ3v) is 3.11. The number of thiocarbonyl (C=S) groups is 1. The molecule has 0 aromatic rings. The molecular formula is C10H20N2S. The molecule has 1 aliphatic rings. The van der Waals surface area contributed by atoms with Crippen molar-refractivity contribution in [2.45, 2.75) is 45.6 Å². The standard InChI is InChI=1S/C10H20N2S/c1-3-12(4-2)10(13)11-9-7-5-6-8-9/h9H,3-8H2,1-2H3,(H,11,13). The van der Waals surface area contributed by atoms with Crippen molar-refractivity contribution >= 4 is 17.3 Å². The van der Waals surface area contributed by atoms with Gasteiger partial charge in [-0.25, -0.2) is 0 Å². The zero-order valence-electron chi connectivity index (χ0n) is 8.68. The topological polar surface area (TPSA) is 15.3 Å². The van der Waals surface area contributed by atoms with E-state index in [0.717, 1.165) is 18.2 Å². The van der Waals surface area contributed by atoms with Gasteiger partial charge in [0.2, 0.25) is 0 Å². The molecule has 0 unspecified atom stereocenters. The minimum atomic E-state index is 0.646. The van der Waals surface area contributed by atoms with Crippen molar-refractivity contribution in [1.82, 2.24) is 10.2 Å². The van der Waals surface area contributed by atoms with Crippen LogP contribution in [0.4, 0.5) is 0 Å². The number of nitrogens with zero attached hydrogens (tertiary/aromatic N) is 1. The van der Waals surface area contributed by atoms with Gasteiger partial charge in [0.25, 0.3) is 0 Å². The molecule has 0 atom stereocenters. The summed E-state index contributed by atoms with van der Waals surface area (Å²) in [6.07, 6.45) is 5.31. The lowest BCUT2D eigenvalue weighted by Gasteiger charge is -2.25. The third-order valence-electron chi connectivity index (χ3n) is 2.73. The lowest BCUT2D eigenvalue weighted by Crippen LogP contribution is -2.43. The molecule has 0 radical (unpaired) electrons. The van der Waals surface area contributed by atoms with Crippen molar-refractivity contribution in [2.75, 3.05) is 13.1 Å². The second kappa shape index (κ2) is 5.43. The molecule has 0 heterocycles. The molecule has 13 heavy (non-hydrogen) atoms. The van der Waals surface area contributed by atoms with Crippen LogP contribution in [0.5, 0.6) is 0 Å². The fourth-order valence-electron chi connectivity index (χ4n) is 1.85. The van der Waals surface area contributed by atoms with Gasteiger partial charge in [0, 0.05) is 19.1 Å². The van der Waals surface area contributed by atoms with Crippen LogP contribution in [-0.4, -0.2) is 29.1 Å². The average molecular weight is 200 g/mol. The number of nitrogens with one attached hydrogen (secondary N) is 1. The number of hydrogen-bond acceptors (Lipinski definition) is 1. The minimum absolute atomic E-state index is 0.646. The molecule has 0 spiro atoms. The van der Waals surface area contributed by atoms with E-state index in [9.17, 15) is 0 Å². The van der Waals surface area contributed by atoms with Crippen molar-refractivity contribution in [3.63, 3.8) is 0 Å². The first-order chi connectivity index (χ1) is 6.27. The van der Waals surface area contributed by atoms with Crippen LogP contribution >= 0.6 is 12.2 Å².